The van der Waals surface area contributed by atoms with Crippen LogP contribution in [0.3, 0.4) is 0 Å². The van der Waals surface area contributed by atoms with E-state index in [1.54, 1.807) is 30.0 Å². The predicted molar refractivity (Wildman–Crippen MR) is 89.1 cm³/mol. The van der Waals surface area contributed by atoms with Gasteiger partial charge in [-0.2, -0.15) is 4.31 Å². The second-order valence-electron chi connectivity index (χ2n) is 5.83. The van der Waals surface area contributed by atoms with Gasteiger partial charge in [0.2, 0.25) is 10.0 Å². The van der Waals surface area contributed by atoms with Crippen molar-refractivity contribution in [3.8, 4) is 0 Å². The van der Waals surface area contributed by atoms with Crippen molar-refractivity contribution in [3.05, 3.63) is 18.2 Å². The molecule has 1 aliphatic rings. The van der Waals surface area contributed by atoms with Gasteiger partial charge < -0.3 is 9.15 Å². The summed E-state index contributed by atoms with van der Waals surface area (Å²) in [6, 6.07) is 4.84. The van der Waals surface area contributed by atoms with Gasteiger partial charge in [-0.1, -0.05) is 25.6 Å². The summed E-state index contributed by atoms with van der Waals surface area (Å²) in [4.78, 5) is 4.64. The summed E-state index contributed by atoms with van der Waals surface area (Å²) < 4.78 is 37.6. The molecule has 1 aromatic heterocycles. The normalized spacial score (nSPS) is 17.2. The first-order valence-electron chi connectivity index (χ1n) is 7.58. The Bertz CT molecular complexity index is 780. The smallest absolute Gasteiger partial charge is 0.256 e. The van der Waals surface area contributed by atoms with Crippen LogP contribution in [0.15, 0.2) is 32.7 Å². The van der Waals surface area contributed by atoms with Gasteiger partial charge >= 0.3 is 0 Å². The quantitative estimate of drug-likeness (QED) is 0.767. The molecule has 0 atom stereocenters. The number of fused-ring (bicyclic) bond motifs is 1. The monoisotopic (exact) mass is 356 g/mol. The number of morpholine rings is 1. The Hall–Kier alpha value is -1.09. The average Bonchev–Trinajstić information content (AvgIpc) is 2.95. The second-order valence-corrected chi connectivity index (χ2v) is 8.74. The standard InChI is InChI=1S/C15H20N2O4S2/c1-11(2)10-22-15-16-13-9-12(3-4-14(13)21-15)23(18,19)17-5-7-20-8-6-17/h3-4,9,11H,5-8,10H2,1-2H3. The minimum atomic E-state index is -3.51. The Morgan fingerprint density at radius 2 is 2.04 bits per heavy atom. The number of sulfonamides is 1. The Morgan fingerprint density at radius 3 is 2.74 bits per heavy atom. The maximum absolute atomic E-state index is 12.7. The Labute approximate surface area is 140 Å². The lowest BCUT2D eigenvalue weighted by atomic mass is 10.3. The third-order valence-corrected chi connectivity index (χ3v) is 6.64. The lowest BCUT2D eigenvalue weighted by Crippen LogP contribution is -2.40. The predicted octanol–water partition coefficient (Wildman–Crippen LogP) is 2.60. The number of hydrogen-bond acceptors (Lipinski definition) is 6. The lowest BCUT2D eigenvalue weighted by Gasteiger charge is -2.25. The summed E-state index contributed by atoms with van der Waals surface area (Å²) in [5.74, 6) is 1.44. The van der Waals surface area contributed by atoms with Crippen LogP contribution in [-0.2, 0) is 14.8 Å². The molecule has 0 N–H and O–H groups in total. The Morgan fingerprint density at radius 1 is 1.30 bits per heavy atom. The van der Waals surface area contributed by atoms with E-state index in [-0.39, 0.29) is 4.90 Å². The first-order chi connectivity index (χ1) is 11.0. The SMILES string of the molecule is CC(C)CSc1nc2cc(S(=O)(=O)N3CCOCC3)ccc2o1. The van der Waals surface area contributed by atoms with Crippen LogP contribution in [0.1, 0.15) is 13.8 Å². The van der Waals surface area contributed by atoms with Crippen molar-refractivity contribution < 1.29 is 17.6 Å². The molecular formula is C15H20N2O4S2. The fraction of sp³-hybridized carbons (Fsp3) is 0.533. The van der Waals surface area contributed by atoms with E-state index in [0.29, 0.717) is 48.5 Å². The van der Waals surface area contributed by atoms with Gasteiger partial charge in [0.1, 0.15) is 5.52 Å². The van der Waals surface area contributed by atoms with Crippen molar-refractivity contribution in [2.24, 2.45) is 5.92 Å². The van der Waals surface area contributed by atoms with Gasteiger partial charge in [-0.05, 0) is 24.1 Å². The summed E-state index contributed by atoms with van der Waals surface area (Å²) in [6.07, 6.45) is 0. The highest BCUT2D eigenvalue weighted by Crippen LogP contribution is 2.27. The van der Waals surface area contributed by atoms with Gasteiger partial charge in [0.05, 0.1) is 18.1 Å². The number of ether oxygens (including phenoxy) is 1. The minimum absolute atomic E-state index is 0.251. The number of aromatic nitrogens is 1. The van der Waals surface area contributed by atoms with Crippen molar-refractivity contribution in [3.63, 3.8) is 0 Å². The highest BCUT2D eigenvalue weighted by atomic mass is 32.2. The van der Waals surface area contributed by atoms with Gasteiger partial charge in [0.25, 0.3) is 5.22 Å². The first kappa shape index (κ1) is 16.8. The molecule has 23 heavy (non-hydrogen) atoms. The van der Waals surface area contributed by atoms with Crippen LogP contribution in [0, 0.1) is 5.92 Å². The molecule has 2 heterocycles. The summed E-state index contributed by atoms with van der Waals surface area (Å²) in [6.45, 7) is 5.89. The summed E-state index contributed by atoms with van der Waals surface area (Å²) in [5, 5.41) is 0.578. The van der Waals surface area contributed by atoms with E-state index in [1.165, 1.54) is 4.31 Å². The molecule has 126 valence electrons. The molecule has 6 nitrogen and oxygen atoms in total. The van der Waals surface area contributed by atoms with Crippen LogP contribution >= 0.6 is 11.8 Å². The molecule has 3 rings (SSSR count). The van der Waals surface area contributed by atoms with E-state index in [9.17, 15) is 8.42 Å². The van der Waals surface area contributed by atoms with Crippen molar-refractivity contribution in [2.75, 3.05) is 32.1 Å². The average molecular weight is 356 g/mol. The Kier molecular flexibility index (Phi) is 4.96. The van der Waals surface area contributed by atoms with Crippen LogP contribution < -0.4 is 0 Å². The molecule has 1 aromatic carbocycles. The van der Waals surface area contributed by atoms with E-state index in [1.807, 2.05) is 0 Å². The molecule has 1 fully saturated rings. The summed E-state index contributed by atoms with van der Waals surface area (Å²) in [5.41, 5.74) is 1.18. The molecule has 0 unspecified atom stereocenters. The number of rotatable bonds is 5. The fourth-order valence-electron chi connectivity index (χ4n) is 2.28. The minimum Gasteiger partial charge on any atom is -0.431 e. The van der Waals surface area contributed by atoms with Gasteiger partial charge in [-0.15, -0.1) is 0 Å². The lowest BCUT2D eigenvalue weighted by molar-refractivity contribution is 0.0730. The van der Waals surface area contributed by atoms with Gasteiger partial charge in [-0.25, -0.2) is 13.4 Å². The molecule has 8 heteroatoms. The number of hydrogen-bond donors (Lipinski definition) is 0. The van der Waals surface area contributed by atoms with Gasteiger partial charge in [0.15, 0.2) is 5.58 Å². The molecule has 0 amide bonds. The van der Waals surface area contributed by atoms with Gasteiger partial charge in [-0.3, -0.25) is 0 Å². The van der Waals surface area contributed by atoms with Crippen LogP contribution in [-0.4, -0.2) is 49.8 Å². The van der Waals surface area contributed by atoms with Crippen LogP contribution in [0.2, 0.25) is 0 Å². The van der Waals surface area contributed by atoms with E-state index < -0.39 is 10.0 Å². The van der Waals surface area contributed by atoms with Gasteiger partial charge in [0, 0.05) is 18.8 Å². The molecule has 0 saturated carbocycles. The van der Waals surface area contributed by atoms with Crippen molar-refractivity contribution in [1.82, 2.24) is 9.29 Å². The van der Waals surface area contributed by atoms with Crippen molar-refractivity contribution in [2.45, 2.75) is 24.0 Å². The first-order valence-corrected chi connectivity index (χ1v) is 10.0. The second kappa shape index (κ2) is 6.80. The molecule has 0 radical (unpaired) electrons. The topological polar surface area (TPSA) is 72.6 Å². The van der Waals surface area contributed by atoms with E-state index in [0.717, 1.165) is 5.75 Å². The Balaban J connectivity index is 1.87. The highest BCUT2D eigenvalue weighted by molar-refractivity contribution is 7.99. The van der Waals surface area contributed by atoms with Crippen molar-refractivity contribution in [1.29, 1.82) is 0 Å². The summed E-state index contributed by atoms with van der Waals surface area (Å²) >= 11 is 1.54. The van der Waals surface area contributed by atoms with Crippen LogP contribution in [0.4, 0.5) is 0 Å². The summed E-state index contributed by atoms with van der Waals surface area (Å²) in [7, 11) is -3.51. The molecule has 1 aliphatic heterocycles. The zero-order valence-electron chi connectivity index (χ0n) is 13.2. The zero-order chi connectivity index (χ0) is 16.4. The number of thioether (sulfide) groups is 1. The van der Waals surface area contributed by atoms with Crippen LogP contribution in [0.25, 0.3) is 11.1 Å². The third-order valence-electron chi connectivity index (χ3n) is 3.49. The number of benzene rings is 1. The van der Waals surface area contributed by atoms with E-state index in [4.69, 9.17) is 9.15 Å². The molecule has 2 aromatic rings. The highest BCUT2D eigenvalue weighted by Gasteiger charge is 2.27. The van der Waals surface area contributed by atoms with E-state index in [2.05, 4.69) is 18.8 Å². The largest absolute Gasteiger partial charge is 0.431 e. The van der Waals surface area contributed by atoms with Crippen LogP contribution in [0.5, 0.6) is 0 Å². The maximum Gasteiger partial charge on any atom is 0.256 e. The zero-order valence-corrected chi connectivity index (χ0v) is 14.8. The third kappa shape index (κ3) is 3.71. The van der Waals surface area contributed by atoms with Crippen molar-refractivity contribution >= 4 is 32.9 Å². The fourth-order valence-corrected chi connectivity index (χ4v) is 4.50. The molecule has 0 bridgehead atoms. The number of oxazole rings is 1. The maximum atomic E-state index is 12.7. The van der Waals surface area contributed by atoms with E-state index >= 15 is 0 Å². The molecule has 1 saturated heterocycles. The molecule has 0 aliphatic carbocycles. The number of nitrogens with zero attached hydrogens (tertiary/aromatic N) is 2. The molecular weight excluding hydrogens is 336 g/mol. The molecule has 0 spiro atoms.